The second-order valence-electron chi connectivity index (χ2n) is 6.71. The lowest BCUT2D eigenvalue weighted by Crippen LogP contribution is -2.42. The average molecular weight is 376 g/mol. The van der Waals surface area contributed by atoms with Crippen molar-refractivity contribution in [1.29, 1.82) is 0 Å². The molecule has 0 unspecified atom stereocenters. The van der Waals surface area contributed by atoms with E-state index in [0.29, 0.717) is 10.8 Å². The molecule has 3 rings (SSSR count). The Morgan fingerprint density at radius 3 is 2.40 bits per heavy atom. The normalized spacial score (nSPS) is 21.2. The summed E-state index contributed by atoms with van der Waals surface area (Å²) in [6.45, 7) is 1.96. The first kappa shape index (κ1) is 18.5. The van der Waals surface area contributed by atoms with E-state index < -0.39 is 10.0 Å². The smallest absolute Gasteiger partial charge is 0.208 e. The minimum Gasteiger partial charge on any atom is -0.208 e. The number of rotatable bonds is 6. The molecule has 1 saturated carbocycles. The van der Waals surface area contributed by atoms with Crippen LogP contribution in [0.15, 0.2) is 64.4 Å². The van der Waals surface area contributed by atoms with Crippen LogP contribution in [0.2, 0.25) is 0 Å². The van der Waals surface area contributed by atoms with E-state index in [2.05, 4.69) is 16.9 Å². The number of hydrogen-bond acceptors (Lipinski definition) is 3. The molecule has 0 heterocycles. The number of benzene rings is 2. The summed E-state index contributed by atoms with van der Waals surface area (Å²) in [4.78, 5) is 1.60. The van der Waals surface area contributed by atoms with Gasteiger partial charge in [0.2, 0.25) is 10.0 Å². The Balaban J connectivity index is 1.67. The van der Waals surface area contributed by atoms with E-state index in [-0.39, 0.29) is 6.04 Å². The zero-order valence-corrected chi connectivity index (χ0v) is 16.2. The summed E-state index contributed by atoms with van der Waals surface area (Å²) in [5.41, 5.74) is 1.06. The second kappa shape index (κ2) is 8.39. The van der Waals surface area contributed by atoms with Crippen LogP contribution in [0.1, 0.15) is 31.2 Å². The van der Waals surface area contributed by atoms with Crippen molar-refractivity contribution in [3.8, 4) is 0 Å². The van der Waals surface area contributed by atoms with Gasteiger partial charge in [0.1, 0.15) is 0 Å². The Hall–Kier alpha value is -1.30. The van der Waals surface area contributed by atoms with E-state index in [4.69, 9.17) is 0 Å². The zero-order chi connectivity index (χ0) is 17.7. The van der Waals surface area contributed by atoms with Gasteiger partial charge < -0.3 is 0 Å². The number of nitrogens with one attached hydrogen (secondary N) is 1. The van der Waals surface area contributed by atoms with Gasteiger partial charge in [-0.15, -0.1) is 11.8 Å². The van der Waals surface area contributed by atoms with Crippen molar-refractivity contribution < 1.29 is 8.42 Å². The van der Waals surface area contributed by atoms with Crippen molar-refractivity contribution >= 4 is 21.8 Å². The lowest BCUT2D eigenvalue weighted by atomic mass is 9.86. The van der Waals surface area contributed by atoms with E-state index in [1.165, 1.54) is 11.3 Å². The molecule has 0 saturated heterocycles. The van der Waals surface area contributed by atoms with Gasteiger partial charge in [0.15, 0.2) is 0 Å². The van der Waals surface area contributed by atoms with Crippen LogP contribution >= 0.6 is 11.8 Å². The molecule has 5 heteroatoms. The number of hydrogen-bond donors (Lipinski definition) is 1. The molecule has 1 aliphatic carbocycles. The first-order chi connectivity index (χ1) is 12.0. The molecule has 0 bridgehead atoms. The molecule has 1 aliphatic rings. The quantitative estimate of drug-likeness (QED) is 0.749. The highest BCUT2D eigenvalue weighted by Gasteiger charge is 2.29. The van der Waals surface area contributed by atoms with Crippen LogP contribution in [-0.2, 0) is 10.0 Å². The zero-order valence-electron chi connectivity index (χ0n) is 14.5. The Bertz CT molecular complexity index is 773. The predicted molar refractivity (Wildman–Crippen MR) is 104 cm³/mol. The summed E-state index contributed by atoms with van der Waals surface area (Å²) in [6.07, 6.45) is 4.28. The predicted octanol–water partition coefficient (Wildman–Crippen LogP) is 4.62. The Labute approximate surface area is 155 Å². The summed E-state index contributed by atoms with van der Waals surface area (Å²) in [7, 11) is -3.45. The first-order valence-electron chi connectivity index (χ1n) is 8.81. The highest BCUT2D eigenvalue weighted by molar-refractivity contribution is 7.99. The van der Waals surface area contributed by atoms with E-state index in [9.17, 15) is 8.42 Å². The minimum atomic E-state index is -3.45. The van der Waals surface area contributed by atoms with Gasteiger partial charge in [-0.3, -0.25) is 0 Å². The van der Waals surface area contributed by atoms with Crippen molar-refractivity contribution in [2.24, 2.45) is 5.92 Å². The van der Waals surface area contributed by atoms with Gasteiger partial charge in [-0.25, -0.2) is 13.1 Å². The standard InChI is InChI=1S/C20H25NO2S2/c1-16-11-13-19(14-12-16)25(22,23)21-20-10-6-5-7-17(20)15-24-18-8-3-2-4-9-18/h2-4,8-9,11-14,17,20-21H,5-7,10,15H2,1H3/t17-,20+/m0/s1. The van der Waals surface area contributed by atoms with Crippen LogP contribution in [0.3, 0.4) is 0 Å². The van der Waals surface area contributed by atoms with E-state index in [1.54, 1.807) is 12.1 Å². The minimum absolute atomic E-state index is 0.0243. The summed E-state index contributed by atoms with van der Waals surface area (Å²) in [5.74, 6) is 1.32. The third-order valence-corrected chi connectivity index (χ3v) is 7.46. The van der Waals surface area contributed by atoms with Gasteiger partial charge in [-0.2, -0.15) is 0 Å². The Morgan fingerprint density at radius 2 is 1.68 bits per heavy atom. The summed E-state index contributed by atoms with van der Waals surface area (Å²) in [6, 6.07) is 17.4. The fourth-order valence-corrected chi connectivity index (χ4v) is 5.76. The van der Waals surface area contributed by atoms with Crippen molar-refractivity contribution in [3.63, 3.8) is 0 Å². The largest absolute Gasteiger partial charge is 0.240 e. The van der Waals surface area contributed by atoms with Crippen LogP contribution in [0.4, 0.5) is 0 Å². The molecule has 3 nitrogen and oxygen atoms in total. The maximum atomic E-state index is 12.7. The van der Waals surface area contributed by atoms with Crippen molar-refractivity contribution in [3.05, 3.63) is 60.2 Å². The lowest BCUT2D eigenvalue weighted by Gasteiger charge is -2.31. The van der Waals surface area contributed by atoms with Gasteiger partial charge in [-0.1, -0.05) is 48.7 Å². The molecule has 0 amide bonds. The third-order valence-electron chi connectivity index (χ3n) is 4.75. The molecule has 0 spiro atoms. The fraction of sp³-hybridized carbons (Fsp3) is 0.400. The maximum Gasteiger partial charge on any atom is 0.240 e. The Morgan fingerprint density at radius 1 is 1.00 bits per heavy atom. The summed E-state index contributed by atoms with van der Waals surface area (Å²) < 4.78 is 28.4. The van der Waals surface area contributed by atoms with Crippen molar-refractivity contribution in [2.45, 2.75) is 48.4 Å². The molecule has 2 atom stereocenters. The molecule has 0 aromatic heterocycles. The van der Waals surface area contributed by atoms with Crippen molar-refractivity contribution in [2.75, 3.05) is 5.75 Å². The molecule has 0 radical (unpaired) electrons. The second-order valence-corrected chi connectivity index (χ2v) is 9.52. The van der Waals surface area contributed by atoms with Crippen molar-refractivity contribution in [1.82, 2.24) is 4.72 Å². The molecular formula is C20H25NO2S2. The maximum absolute atomic E-state index is 12.7. The lowest BCUT2D eigenvalue weighted by molar-refractivity contribution is 0.315. The van der Waals surface area contributed by atoms with Crippen LogP contribution < -0.4 is 4.72 Å². The SMILES string of the molecule is Cc1ccc(S(=O)(=O)N[C@@H]2CCCC[C@H]2CSc2ccccc2)cc1. The highest BCUT2D eigenvalue weighted by atomic mass is 32.2. The monoisotopic (exact) mass is 375 g/mol. The van der Waals surface area contributed by atoms with Crippen LogP contribution in [-0.4, -0.2) is 20.2 Å². The average Bonchev–Trinajstić information content (AvgIpc) is 2.62. The third kappa shape index (κ3) is 5.09. The highest BCUT2D eigenvalue weighted by Crippen LogP contribution is 2.31. The summed E-state index contributed by atoms with van der Waals surface area (Å²) in [5, 5.41) is 0. The van der Waals surface area contributed by atoms with Crippen LogP contribution in [0, 0.1) is 12.8 Å². The van der Waals surface area contributed by atoms with Crippen LogP contribution in [0.5, 0.6) is 0 Å². The molecule has 0 aliphatic heterocycles. The molecule has 1 N–H and O–H groups in total. The molecular weight excluding hydrogens is 350 g/mol. The van der Waals surface area contributed by atoms with Gasteiger partial charge in [0.25, 0.3) is 0 Å². The van der Waals surface area contributed by atoms with Gasteiger partial charge in [-0.05, 0) is 49.9 Å². The van der Waals surface area contributed by atoms with Crippen LogP contribution in [0.25, 0.3) is 0 Å². The topological polar surface area (TPSA) is 46.2 Å². The molecule has 1 fully saturated rings. The Kier molecular flexibility index (Phi) is 6.20. The van der Waals surface area contributed by atoms with E-state index in [0.717, 1.165) is 30.6 Å². The van der Waals surface area contributed by atoms with E-state index in [1.807, 2.05) is 49.0 Å². The molecule has 134 valence electrons. The van der Waals surface area contributed by atoms with E-state index >= 15 is 0 Å². The molecule has 2 aromatic rings. The fourth-order valence-electron chi connectivity index (χ4n) is 3.27. The number of sulfonamides is 1. The van der Waals surface area contributed by atoms with Gasteiger partial charge in [0, 0.05) is 16.7 Å². The number of aryl methyl sites for hydroxylation is 1. The summed E-state index contributed by atoms with van der Waals surface area (Å²) >= 11 is 1.82. The van der Waals surface area contributed by atoms with Gasteiger partial charge >= 0.3 is 0 Å². The molecule has 25 heavy (non-hydrogen) atoms. The first-order valence-corrected chi connectivity index (χ1v) is 11.3. The molecule has 2 aromatic carbocycles. The van der Waals surface area contributed by atoms with Gasteiger partial charge in [0.05, 0.1) is 4.90 Å². The number of thioether (sulfide) groups is 1.